The lowest BCUT2D eigenvalue weighted by Crippen LogP contribution is -2.47. The van der Waals surface area contributed by atoms with Crippen molar-refractivity contribution in [2.75, 3.05) is 26.7 Å². The Bertz CT molecular complexity index is 816. The van der Waals surface area contributed by atoms with E-state index < -0.39 is 5.60 Å². The summed E-state index contributed by atoms with van der Waals surface area (Å²) in [6, 6.07) is 15.9. The Kier molecular flexibility index (Phi) is 6.53. The van der Waals surface area contributed by atoms with Gasteiger partial charge in [0.1, 0.15) is 0 Å². The van der Waals surface area contributed by atoms with Gasteiger partial charge < -0.3 is 15.3 Å². The topological polar surface area (TPSA) is 52.6 Å². The molecule has 0 saturated carbocycles. The minimum absolute atomic E-state index is 0.108. The maximum atomic E-state index is 12.4. The van der Waals surface area contributed by atoms with Gasteiger partial charge in [0.15, 0.2) is 0 Å². The summed E-state index contributed by atoms with van der Waals surface area (Å²) < 4.78 is 0. The minimum Gasteiger partial charge on any atom is -0.384 e. The Morgan fingerprint density at radius 3 is 2.54 bits per heavy atom. The molecule has 28 heavy (non-hydrogen) atoms. The molecule has 4 nitrogen and oxygen atoms in total. The first-order valence-corrected chi connectivity index (χ1v) is 10.4. The normalized spacial score (nSPS) is 21.4. The summed E-state index contributed by atoms with van der Waals surface area (Å²) >= 11 is 0. The van der Waals surface area contributed by atoms with E-state index in [0.29, 0.717) is 12.0 Å². The first-order chi connectivity index (χ1) is 13.5. The highest BCUT2D eigenvalue weighted by molar-refractivity contribution is 5.95. The monoisotopic (exact) mass is 380 g/mol. The second-order valence-corrected chi connectivity index (χ2v) is 7.72. The van der Waals surface area contributed by atoms with E-state index in [-0.39, 0.29) is 11.8 Å². The summed E-state index contributed by atoms with van der Waals surface area (Å²) in [5.74, 6) is 0.0173. The van der Waals surface area contributed by atoms with Gasteiger partial charge in [-0.3, -0.25) is 4.79 Å². The van der Waals surface area contributed by atoms with Crippen LogP contribution in [0.2, 0.25) is 0 Å². The van der Waals surface area contributed by atoms with Crippen LogP contribution < -0.4 is 5.32 Å². The van der Waals surface area contributed by atoms with Crippen molar-refractivity contribution in [1.29, 1.82) is 0 Å². The molecule has 150 valence electrons. The molecule has 0 bridgehead atoms. The largest absolute Gasteiger partial charge is 0.384 e. The molecule has 0 aromatic heterocycles. The molecule has 0 radical (unpaired) electrons. The van der Waals surface area contributed by atoms with Gasteiger partial charge in [-0.2, -0.15) is 0 Å². The summed E-state index contributed by atoms with van der Waals surface area (Å²) in [5, 5.41) is 14.8. The molecule has 4 heteroatoms. The fourth-order valence-electron chi connectivity index (χ4n) is 4.55. The maximum Gasteiger partial charge on any atom is 0.251 e. The number of carbonyl (C=O) groups is 1. The van der Waals surface area contributed by atoms with Crippen LogP contribution in [0.5, 0.6) is 0 Å². The first-order valence-electron chi connectivity index (χ1n) is 10.4. The number of nitrogens with one attached hydrogen (secondary N) is 1. The standard InChI is InChI=1S/C24H32N2O2/c1-4-26(5-2)17-20-15-14-18-10-7-9-13-22(18)24(20,28)16-19-11-6-8-12-21(19)23(27)25-3/h6-13,20,28H,4-5,14-17H2,1-3H3,(H,25,27). The van der Waals surface area contributed by atoms with Crippen molar-refractivity contribution in [2.24, 2.45) is 5.92 Å². The molecule has 1 aliphatic carbocycles. The number of hydrogen-bond donors (Lipinski definition) is 2. The van der Waals surface area contributed by atoms with E-state index in [1.807, 2.05) is 36.4 Å². The van der Waals surface area contributed by atoms with Gasteiger partial charge >= 0.3 is 0 Å². The average Bonchev–Trinajstić information content (AvgIpc) is 2.73. The molecule has 1 amide bonds. The number of rotatable bonds is 7. The van der Waals surface area contributed by atoms with Crippen molar-refractivity contribution in [3.63, 3.8) is 0 Å². The molecule has 2 aromatic rings. The van der Waals surface area contributed by atoms with Crippen LogP contribution in [0.1, 0.15) is 47.3 Å². The van der Waals surface area contributed by atoms with Crippen LogP contribution in [0.25, 0.3) is 0 Å². The van der Waals surface area contributed by atoms with Gasteiger partial charge in [-0.15, -0.1) is 0 Å². The predicted molar refractivity (Wildman–Crippen MR) is 113 cm³/mol. The van der Waals surface area contributed by atoms with E-state index in [4.69, 9.17) is 0 Å². The number of aryl methyl sites for hydroxylation is 1. The molecule has 3 rings (SSSR count). The third-order valence-corrected chi connectivity index (χ3v) is 6.24. The fraction of sp³-hybridized carbons (Fsp3) is 0.458. The van der Waals surface area contributed by atoms with Crippen LogP contribution in [0.15, 0.2) is 48.5 Å². The van der Waals surface area contributed by atoms with Crippen molar-refractivity contribution in [3.8, 4) is 0 Å². The van der Waals surface area contributed by atoms with Crippen molar-refractivity contribution in [3.05, 3.63) is 70.8 Å². The summed E-state index contributed by atoms with van der Waals surface area (Å²) in [6.45, 7) is 7.14. The van der Waals surface area contributed by atoms with Crippen LogP contribution in [-0.2, 0) is 18.4 Å². The molecular weight excluding hydrogens is 348 g/mol. The lowest BCUT2D eigenvalue weighted by molar-refractivity contribution is -0.0469. The van der Waals surface area contributed by atoms with E-state index in [2.05, 4.69) is 36.2 Å². The van der Waals surface area contributed by atoms with Gasteiger partial charge in [-0.25, -0.2) is 0 Å². The zero-order chi connectivity index (χ0) is 20.1. The maximum absolute atomic E-state index is 12.4. The van der Waals surface area contributed by atoms with E-state index in [0.717, 1.165) is 43.6 Å². The van der Waals surface area contributed by atoms with Gasteiger partial charge in [0.05, 0.1) is 5.60 Å². The second kappa shape index (κ2) is 8.89. The van der Waals surface area contributed by atoms with Crippen LogP contribution in [0, 0.1) is 5.92 Å². The Morgan fingerprint density at radius 1 is 1.14 bits per heavy atom. The number of carbonyl (C=O) groups excluding carboxylic acids is 1. The molecule has 0 saturated heterocycles. The molecule has 0 aliphatic heterocycles. The van der Waals surface area contributed by atoms with Crippen molar-refractivity contribution in [1.82, 2.24) is 10.2 Å². The Balaban J connectivity index is 2.03. The van der Waals surface area contributed by atoms with Gasteiger partial charge in [-0.1, -0.05) is 56.3 Å². The SMILES string of the molecule is CCN(CC)CC1CCc2ccccc2C1(O)Cc1ccccc1C(=O)NC. The Morgan fingerprint density at radius 2 is 1.82 bits per heavy atom. The molecule has 2 N–H and O–H groups in total. The molecular formula is C24H32N2O2. The number of amides is 1. The van der Waals surface area contributed by atoms with Crippen LogP contribution in [0.3, 0.4) is 0 Å². The van der Waals surface area contributed by atoms with E-state index in [1.54, 1.807) is 7.05 Å². The summed E-state index contributed by atoms with van der Waals surface area (Å²) in [5.41, 5.74) is 2.79. The third kappa shape index (κ3) is 3.98. The number of aliphatic hydroxyl groups is 1. The average molecular weight is 381 g/mol. The molecule has 2 unspecified atom stereocenters. The predicted octanol–water partition coefficient (Wildman–Crippen LogP) is 3.38. The second-order valence-electron chi connectivity index (χ2n) is 7.72. The Labute approximate surface area is 168 Å². The van der Waals surface area contributed by atoms with E-state index >= 15 is 0 Å². The summed E-state index contributed by atoms with van der Waals surface area (Å²) in [7, 11) is 1.65. The van der Waals surface area contributed by atoms with Crippen molar-refractivity contribution < 1.29 is 9.90 Å². The number of benzene rings is 2. The lowest BCUT2D eigenvalue weighted by Gasteiger charge is -2.44. The van der Waals surface area contributed by atoms with Gasteiger partial charge in [-0.05, 0) is 48.7 Å². The van der Waals surface area contributed by atoms with Gasteiger partial charge in [0.2, 0.25) is 0 Å². The fourth-order valence-corrected chi connectivity index (χ4v) is 4.55. The smallest absolute Gasteiger partial charge is 0.251 e. The molecule has 1 aliphatic rings. The molecule has 0 heterocycles. The molecule has 2 atom stereocenters. The number of nitrogens with zero attached hydrogens (tertiary/aromatic N) is 1. The van der Waals surface area contributed by atoms with Crippen LogP contribution >= 0.6 is 0 Å². The van der Waals surface area contributed by atoms with Crippen LogP contribution in [-0.4, -0.2) is 42.6 Å². The highest BCUT2D eigenvalue weighted by Crippen LogP contribution is 2.43. The number of hydrogen-bond acceptors (Lipinski definition) is 3. The van der Waals surface area contributed by atoms with Gasteiger partial charge in [0, 0.05) is 31.5 Å². The highest BCUT2D eigenvalue weighted by Gasteiger charge is 2.43. The van der Waals surface area contributed by atoms with Gasteiger partial charge in [0.25, 0.3) is 5.91 Å². The molecule has 0 spiro atoms. The van der Waals surface area contributed by atoms with Crippen molar-refractivity contribution >= 4 is 5.91 Å². The van der Waals surface area contributed by atoms with Crippen LogP contribution in [0.4, 0.5) is 0 Å². The zero-order valence-corrected chi connectivity index (χ0v) is 17.2. The van der Waals surface area contributed by atoms with E-state index in [9.17, 15) is 9.90 Å². The lowest BCUT2D eigenvalue weighted by atomic mass is 9.68. The third-order valence-electron chi connectivity index (χ3n) is 6.24. The summed E-state index contributed by atoms with van der Waals surface area (Å²) in [6.07, 6.45) is 2.38. The summed E-state index contributed by atoms with van der Waals surface area (Å²) in [4.78, 5) is 14.8. The first kappa shape index (κ1) is 20.6. The quantitative estimate of drug-likeness (QED) is 0.774. The highest BCUT2D eigenvalue weighted by atomic mass is 16.3. The zero-order valence-electron chi connectivity index (χ0n) is 17.2. The number of fused-ring (bicyclic) bond motifs is 1. The molecule has 2 aromatic carbocycles. The molecule has 0 fully saturated rings. The minimum atomic E-state index is -0.985. The van der Waals surface area contributed by atoms with E-state index in [1.165, 1.54) is 5.56 Å². The van der Waals surface area contributed by atoms with Crippen molar-refractivity contribution in [2.45, 2.75) is 38.7 Å². The Hall–Kier alpha value is -2.17.